The highest BCUT2D eigenvalue weighted by Crippen LogP contribution is 2.34. The van der Waals surface area contributed by atoms with Gasteiger partial charge in [-0.15, -0.1) is 0 Å². The zero-order valence-electron chi connectivity index (χ0n) is 9.42. The number of nitrogens with zero attached hydrogens (tertiary/aromatic N) is 1. The van der Waals surface area contributed by atoms with E-state index in [0.29, 0.717) is 5.56 Å². The maximum absolute atomic E-state index is 11.7. The lowest BCUT2D eigenvalue weighted by atomic mass is 10.1. The van der Waals surface area contributed by atoms with Gasteiger partial charge in [-0.2, -0.15) is 0 Å². The summed E-state index contributed by atoms with van der Waals surface area (Å²) in [6, 6.07) is 3.90. The van der Waals surface area contributed by atoms with Crippen LogP contribution in [-0.4, -0.2) is 26.2 Å². The van der Waals surface area contributed by atoms with Crippen LogP contribution in [0.3, 0.4) is 0 Å². The van der Waals surface area contributed by atoms with E-state index in [1.54, 1.807) is 0 Å². The summed E-state index contributed by atoms with van der Waals surface area (Å²) in [6.45, 7) is 4.06. The third-order valence-electron chi connectivity index (χ3n) is 2.95. The smallest absolute Gasteiger partial charge is 0.338 e. The number of carbonyl (C=O) groups excluding carboxylic acids is 1. The van der Waals surface area contributed by atoms with Crippen molar-refractivity contribution in [2.24, 2.45) is 0 Å². The average molecular weight is 284 g/mol. The minimum atomic E-state index is -0.254. The summed E-state index contributed by atoms with van der Waals surface area (Å²) in [5.74, 6) is -0.254. The Morgan fingerprint density at radius 1 is 1.56 bits per heavy atom. The molecule has 0 unspecified atom stereocenters. The number of ether oxygens (including phenoxy) is 1. The predicted molar refractivity (Wildman–Crippen MR) is 67.1 cm³/mol. The van der Waals surface area contributed by atoms with E-state index in [1.807, 2.05) is 6.07 Å². The molecule has 0 radical (unpaired) electrons. The van der Waals surface area contributed by atoms with Crippen LogP contribution in [0.15, 0.2) is 16.6 Å². The van der Waals surface area contributed by atoms with E-state index >= 15 is 0 Å². The zero-order chi connectivity index (χ0) is 11.7. The van der Waals surface area contributed by atoms with Crippen molar-refractivity contribution >= 4 is 27.6 Å². The van der Waals surface area contributed by atoms with Crippen molar-refractivity contribution in [2.45, 2.75) is 13.3 Å². The van der Waals surface area contributed by atoms with Gasteiger partial charge in [-0.05, 0) is 31.0 Å². The Morgan fingerprint density at radius 2 is 2.31 bits per heavy atom. The highest BCUT2D eigenvalue weighted by Gasteiger charge is 2.24. The molecule has 0 fully saturated rings. The topological polar surface area (TPSA) is 29.5 Å². The van der Waals surface area contributed by atoms with Crippen LogP contribution in [0.25, 0.3) is 0 Å². The fourth-order valence-electron chi connectivity index (χ4n) is 2.16. The van der Waals surface area contributed by atoms with Crippen molar-refractivity contribution in [3.05, 3.63) is 27.7 Å². The average Bonchev–Trinajstić information content (AvgIpc) is 2.69. The highest BCUT2D eigenvalue weighted by atomic mass is 79.9. The molecule has 0 saturated heterocycles. The Morgan fingerprint density at radius 3 is 2.94 bits per heavy atom. The number of esters is 1. The second-order valence-corrected chi connectivity index (χ2v) is 4.69. The molecular formula is C12H14BrNO2. The zero-order valence-corrected chi connectivity index (χ0v) is 11.0. The Labute approximate surface area is 104 Å². The van der Waals surface area contributed by atoms with Crippen LogP contribution in [-0.2, 0) is 11.2 Å². The number of anilines is 1. The van der Waals surface area contributed by atoms with Gasteiger partial charge < -0.3 is 9.64 Å². The summed E-state index contributed by atoms with van der Waals surface area (Å²) >= 11 is 3.44. The van der Waals surface area contributed by atoms with Crippen molar-refractivity contribution in [1.82, 2.24) is 0 Å². The van der Waals surface area contributed by atoms with Crippen molar-refractivity contribution in [3.8, 4) is 0 Å². The SMILES string of the molecule is CCN1CCc2c(C(=O)OC)cc(Br)cc21. The molecule has 0 spiro atoms. The summed E-state index contributed by atoms with van der Waals surface area (Å²) in [5.41, 5.74) is 2.94. The van der Waals surface area contributed by atoms with Crippen molar-refractivity contribution in [2.75, 3.05) is 25.1 Å². The number of rotatable bonds is 2. The number of benzene rings is 1. The molecular weight excluding hydrogens is 270 g/mol. The molecule has 0 aromatic heterocycles. The van der Waals surface area contributed by atoms with Gasteiger partial charge in [0.05, 0.1) is 12.7 Å². The quantitative estimate of drug-likeness (QED) is 0.782. The molecule has 1 aromatic rings. The molecule has 1 aliphatic rings. The van der Waals surface area contributed by atoms with Crippen LogP contribution in [0, 0.1) is 0 Å². The van der Waals surface area contributed by atoms with E-state index in [2.05, 4.69) is 33.8 Å². The van der Waals surface area contributed by atoms with Gasteiger partial charge in [-0.25, -0.2) is 4.79 Å². The van der Waals surface area contributed by atoms with Gasteiger partial charge in [0, 0.05) is 23.2 Å². The standard InChI is InChI=1S/C12H14BrNO2/c1-3-14-5-4-9-10(12(15)16-2)6-8(13)7-11(9)14/h6-7H,3-5H2,1-2H3. The number of fused-ring (bicyclic) bond motifs is 1. The molecule has 0 aliphatic carbocycles. The van der Waals surface area contributed by atoms with Crippen molar-refractivity contribution in [3.63, 3.8) is 0 Å². The fraction of sp³-hybridized carbons (Fsp3) is 0.417. The predicted octanol–water partition coefficient (Wildman–Crippen LogP) is 2.62. The number of hydrogen-bond acceptors (Lipinski definition) is 3. The molecule has 0 saturated carbocycles. The van der Waals surface area contributed by atoms with Crippen LogP contribution in [0.4, 0.5) is 5.69 Å². The molecule has 16 heavy (non-hydrogen) atoms. The molecule has 0 atom stereocenters. The summed E-state index contributed by atoms with van der Waals surface area (Å²) in [7, 11) is 1.42. The van der Waals surface area contributed by atoms with Gasteiger partial charge >= 0.3 is 5.97 Å². The maximum Gasteiger partial charge on any atom is 0.338 e. The summed E-state index contributed by atoms with van der Waals surface area (Å²) in [5, 5.41) is 0. The summed E-state index contributed by atoms with van der Waals surface area (Å²) < 4.78 is 5.73. The minimum Gasteiger partial charge on any atom is -0.465 e. The van der Waals surface area contributed by atoms with Gasteiger partial charge in [0.1, 0.15) is 0 Å². The first-order chi connectivity index (χ1) is 7.67. The lowest BCUT2D eigenvalue weighted by Gasteiger charge is -2.17. The lowest BCUT2D eigenvalue weighted by molar-refractivity contribution is 0.0599. The van der Waals surface area contributed by atoms with E-state index in [-0.39, 0.29) is 5.97 Å². The second-order valence-electron chi connectivity index (χ2n) is 3.77. The van der Waals surface area contributed by atoms with Gasteiger partial charge in [-0.3, -0.25) is 0 Å². The molecule has 0 N–H and O–H groups in total. The van der Waals surface area contributed by atoms with Crippen LogP contribution < -0.4 is 4.90 Å². The summed E-state index contributed by atoms with van der Waals surface area (Å²) in [6.07, 6.45) is 0.918. The van der Waals surface area contributed by atoms with Gasteiger partial charge in [-0.1, -0.05) is 15.9 Å². The van der Waals surface area contributed by atoms with E-state index < -0.39 is 0 Å². The number of carbonyl (C=O) groups is 1. The van der Waals surface area contributed by atoms with Gasteiger partial charge in [0.15, 0.2) is 0 Å². The molecule has 1 aromatic carbocycles. The lowest BCUT2D eigenvalue weighted by Crippen LogP contribution is -2.19. The van der Waals surface area contributed by atoms with Crippen molar-refractivity contribution in [1.29, 1.82) is 0 Å². The first-order valence-corrected chi connectivity index (χ1v) is 6.12. The third-order valence-corrected chi connectivity index (χ3v) is 3.41. The molecule has 86 valence electrons. The van der Waals surface area contributed by atoms with Crippen LogP contribution >= 0.6 is 15.9 Å². The number of likely N-dealkylation sites (N-methyl/N-ethyl adjacent to an activating group) is 1. The molecule has 2 rings (SSSR count). The minimum absolute atomic E-state index is 0.254. The van der Waals surface area contributed by atoms with Gasteiger partial charge in [0.2, 0.25) is 0 Å². The molecule has 4 heteroatoms. The monoisotopic (exact) mass is 283 g/mol. The van der Waals surface area contributed by atoms with E-state index in [4.69, 9.17) is 4.74 Å². The first-order valence-electron chi connectivity index (χ1n) is 5.33. The second kappa shape index (κ2) is 4.45. The Kier molecular flexibility index (Phi) is 3.19. The molecule has 1 heterocycles. The number of methoxy groups -OCH3 is 1. The normalized spacial score (nSPS) is 13.8. The molecule has 3 nitrogen and oxygen atoms in total. The van der Waals surface area contributed by atoms with E-state index in [0.717, 1.165) is 35.2 Å². The Hall–Kier alpha value is -1.03. The maximum atomic E-state index is 11.7. The van der Waals surface area contributed by atoms with Crippen LogP contribution in [0.5, 0.6) is 0 Å². The molecule has 0 amide bonds. The third kappa shape index (κ3) is 1.82. The Bertz CT molecular complexity index is 431. The molecule has 0 bridgehead atoms. The van der Waals surface area contributed by atoms with Gasteiger partial charge in [0.25, 0.3) is 0 Å². The number of halogens is 1. The van der Waals surface area contributed by atoms with Crippen LogP contribution in [0.2, 0.25) is 0 Å². The van der Waals surface area contributed by atoms with E-state index in [9.17, 15) is 4.79 Å². The number of hydrogen-bond donors (Lipinski definition) is 0. The summed E-state index contributed by atoms with van der Waals surface area (Å²) in [4.78, 5) is 13.9. The Balaban J connectivity index is 2.52. The fourth-order valence-corrected chi connectivity index (χ4v) is 2.60. The first kappa shape index (κ1) is 11.5. The molecule has 1 aliphatic heterocycles. The van der Waals surface area contributed by atoms with Crippen LogP contribution in [0.1, 0.15) is 22.8 Å². The van der Waals surface area contributed by atoms with Crippen molar-refractivity contribution < 1.29 is 9.53 Å². The largest absolute Gasteiger partial charge is 0.465 e. The highest BCUT2D eigenvalue weighted by molar-refractivity contribution is 9.10. The van der Waals surface area contributed by atoms with E-state index in [1.165, 1.54) is 7.11 Å².